The Kier molecular flexibility index (Phi) is 5.65. The van der Waals surface area contributed by atoms with Gasteiger partial charge < -0.3 is 9.64 Å². The fourth-order valence-electron chi connectivity index (χ4n) is 3.37. The number of hydrogen-bond donors (Lipinski definition) is 0. The van der Waals surface area contributed by atoms with Crippen LogP contribution in [0.4, 0.5) is 0 Å². The smallest absolute Gasteiger partial charge is 0.254 e. The van der Waals surface area contributed by atoms with Crippen LogP contribution in [0.25, 0.3) is 11.1 Å². The third-order valence-corrected chi connectivity index (χ3v) is 4.57. The summed E-state index contributed by atoms with van der Waals surface area (Å²) in [6.07, 6.45) is 2.52. The van der Waals surface area contributed by atoms with Gasteiger partial charge in [-0.1, -0.05) is 26.0 Å². The maximum absolute atomic E-state index is 13.1. The van der Waals surface area contributed by atoms with E-state index in [4.69, 9.17) is 4.74 Å². The molecule has 1 fully saturated rings. The summed E-state index contributed by atoms with van der Waals surface area (Å²) < 4.78 is 5.58. The molecule has 26 heavy (non-hydrogen) atoms. The van der Waals surface area contributed by atoms with Crippen molar-refractivity contribution in [2.24, 2.45) is 5.92 Å². The molecule has 0 N–H and O–H groups in total. The Balaban J connectivity index is 1.89. The van der Waals surface area contributed by atoms with Crippen LogP contribution in [0.15, 0.2) is 42.6 Å². The second kappa shape index (κ2) is 8.11. The summed E-state index contributed by atoms with van der Waals surface area (Å²) in [6, 6.07) is 13.3. The van der Waals surface area contributed by atoms with Crippen LogP contribution < -0.4 is 0 Å². The van der Waals surface area contributed by atoms with Gasteiger partial charge in [-0.05, 0) is 42.2 Å². The number of pyridine rings is 1. The Bertz CT molecular complexity index is 826. The zero-order valence-corrected chi connectivity index (χ0v) is 15.2. The van der Waals surface area contributed by atoms with Gasteiger partial charge in [0.05, 0.1) is 19.3 Å². The van der Waals surface area contributed by atoms with E-state index in [1.54, 1.807) is 12.3 Å². The summed E-state index contributed by atoms with van der Waals surface area (Å²) in [4.78, 5) is 19.2. The molecular weight excluding hydrogens is 326 g/mol. The highest BCUT2D eigenvalue weighted by Crippen LogP contribution is 2.25. The minimum Gasteiger partial charge on any atom is -0.377 e. The second-order valence-electron chi connectivity index (χ2n) is 6.95. The van der Waals surface area contributed by atoms with Crippen LogP contribution >= 0.6 is 0 Å². The van der Waals surface area contributed by atoms with Crippen molar-refractivity contribution in [3.63, 3.8) is 0 Å². The van der Waals surface area contributed by atoms with E-state index in [1.807, 2.05) is 35.2 Å². The number of carbonyl (C=O) groups is 1. The number of morpholine rings is 1. The fraction of sp³-hybridized carbons (Fsp3) is 0.381. The lowest BCUT2D eigenvalue weighted by Gasteiger charge is -2.36. The molecule has 1 aromatic heterocycles. The van der Waals surface area contributed by atoms with E-state index in [0.29, 0.717) is 36.9 Å². The van der Waals surface area contributed by atoms with E-state index < -0.39 is 0 Å². The average molecular weight is 349 g/mol. The molecule has 5 heteroatoms. The molecule has 2 aromatic rings. The molecule has 2 heterocycles. The van der Waals surface area contributed by atoms with Crippen molar-refractivity contribution in [2.75, 3.05) is 19.8 Å². The molecule has 5 nitrogen and oxygen atoms in total. The number of nitriles is 1. The van der Waals surface area contributed by atoms with Gasteiger partial charge in [0, 0.05) is 23.9 Å². The lowest BCUT2D eigenvalue weighted by atomic mass is 9.99. The number of amides is 1. The lowest BCUT2D eigenvalue weighted by Crippen LogP contribution is -2.49. The Morgan fingerprint density at radius 1 is 1.38 bits per heavy atom. The topological polar surface area (TPSA) is 66.2 Å². The number of ether oxygens (including phenoxy) is 1. The minimum atomic E-state index is 0.0168. The highest BCUT2D eigenvalue weighted by atomic mass is 16.5. The lowest BCUT2D eigenvalue weighted by molar-refractivity contribution is -0.00746. The van der Waals surface area contributed by atoms with Crippen molar-refractivity contribution in [1.82, 2.24) is 9.88 Å². The predicted molar refractivity (Wildman–Crippen MR) is 99.5 cm³/mol. The molecule has 0 unspecified atom stereocenters. The number of carbonyl (C=O) groups excluding carboxylic acids is 1. The molecule has 1 atom stereocenters. The third-order valence-electron chi connectivity index (χ3n) is 4.57. The number of nitrogens with zero attached hydrogens (tertiary/aromatic N) is 3. The van der Waals surface area contributed by atoms with Gasteiger partial charge in [-0.15, -0.1) is 0 Å². The summed E-state index contributed by atoms with van der Waals surface area (Å²) in [7, 11) is 0. The summed E-state index contributed by atoms with van der Waals surface area (Å²) in [5, 5.41) is 9.28. The first kappa shape index (κ1) is 18.1. The highest BCUT2D eigenvalue weighted by Gasteiger charge is 2.28. The number of hydrogen-bond acceptors (Lipinski definition) is 4. The van der Waals surface area contributed by atoms with Crippen LogP contribution in [0.1, 0.15) is 36.3 Å². The zero-order chi connectivity index (χ0) is 18.5. The number of rotatable bonds is 4. The van der Waals surface area contributed by atoms with Crippen molar-refractivity contribution < 1.29 is 9.53 Å². The van der Waals surface area contributed by atoms with Crippen LogP contribution in [0.3, 0.4) is 0 Å². The summed E-state index contributed by atoms with van der Waals surface area (Å²) in [6.45, 7) is 6.08. The van der Waals surface area contributed by atoms with Gasteiger partial charge in [0.2, 0.25) is 0 Å². The zero-order valence-electron chi connectivity index (χ0n) is 15.2. The van der Waals surface area contributed by atoms with Gasteiger partial charge in [0.1, 0.15) is 11.8 Å². The van der Waals surface area contributed by atoms with E-state index in [-0.39, 0.29) is 11.9 Å². The summed E-state index contributed by atoms with van der Waals surface area (Å²) in [5.74, 6) is 0.514. The molecule has 1 saturated heterocycles. The van der Waals surface area contributed by atoms with E-state index >= 15 is 0 Å². The van der Waals surface area contributed by atoms with E-state index in [0.717, 1.165) is 17.5 Å². The maximum Gasteiger partial charge on any atom is 0.254 e. The average Bonchev–Trinajstić information content (AvgIpc) is 2.67. The van der Waals surface area contributed by atoms with Crippen molar-refractivity contribution in [1.29, 1.82) is 5.26 Å². The monoisotopic (exact) mass is 349 g/mol. The molecule has 0 radical (unpaired) electrons. The van der Waals surface area contributed by atoms with Crippen LogP contribution in [0, 0.1) is 17.2 Å². The minimum absolute atomic E-state index is 0.0168. The molecule has 0 aliphatic carbocycles. The summed E-state index contributed by atoms with van der Waals surface area (Å²) >= 11 is 0. The summed E-state index contributed by atoms with van der Waals surface area (Å²) in [5.41, 5.74) is 2.56. The highest BCUT2D eigenvalue weighted by molar-refractivity contribution is 5.96. The largest absolute Gasteiger partial charge is 0.377 e. The maximum atomic E-state index is 13.1. The molecule has 0 bridgehead atoms. The van der Waals surface area contributed by atoms with Gasteiger partial charge in [-0.25, -0.2) is 4.98 Å². The van der Waals surface area contributed by atoms with Gasteiger partial charge in [-0.2, -0.15) is 5.26 Å². The van der Waals surface area contributed by atoms with E-state index in [2.05, 4.69) is 24.9 Å². The molecule has 0 spiro atoms. The van der Waals surface area contributed by atoms with Crippen molar-refractivity contribution in [2.45, 2.75) is 26.3 Å². The molecule has 0 saturated carbocycles. The predicted octanol–water partition coefficient (Wildman–Crippen LogP) is 3.51. The van der Waals surface area contributed by atoms with Crippen LogP contribution in [0.2, 0.25) is 0 Å². The Morgan fingerprint density at radius 3 is 3.00 bits per heavy atom. The number of aromatic nitrogens is 1. The van der Waals surface area contributed by atoms with Crippen molar-refractivity contribution in [3.05, 3.63) is 53.9 Å². The SMILES string of the molecule is CC(C)C[C@@H]1COCCN1C(=O)c1cccc(-c2cccnc2C#N)c1. The first-order chi connectivity index (χ1) is 12.6. The first-order valence-corrected chi connectivity index (χ1v) is 8.94. The fourth-order valence-corrected chi connectivity index (χ4v) is 3.37. The van der Waals surface area contributed by atoms with Gasteiger partial charge in [-0.3, -0.25) is 4.79 Å². The van der Waals surface area contributed by atoms with Crippen LogP contribution in [0.5, 0.6) is 0 Å². The van der Waals surface area contributed by atoms with Crippen LogP contribution in [-0.4, -0.2) is 41.6 Å². The van der Waals surface area contributed by atoms with E-state index in [9.17, 15) is 10.1 Å². The van der Waals surface area contributed by atoms with Gasteiger partial charge in [0.25, 0.3) is 5.91 Å². The van der Waals surface area contributed by atoms with Crippen molar-refractivity contribution in [3.8, 4) is 17.2 Å². The first-order valence-electron chi connectivity index (χ1n) is 8.94. The molecule has 1 aliphatic rings. The Labute approximate surface area is 154 Å². The van der Waals surface area contributed by atoms with Gasteiger partial charge >= 0.3 is 0 Å². The molecule has 1 aromatic carbocycles. The van der Waals surface area contributed by atoms with Gasteiger partial charge in [0.15, 0.2) is 0 Å². The quantitative estimate of drug-likeness (QED) is 0.847. The van der Waals surface area contributed by atoms with Crippen molar-refractivity contribution >= 4 is 5.91 Å². The molecule has 3 rings (SSSR count). The normalized spacial score (nSPS) is 17.2. The molecular formula is C21H23N3O2. The Hall–Kier alpha value is -2.71. The number of benzene rings is 1. The third kappa shape index (κ3) is 3.92. The molecule has 1 aliphatic heterocycles. The molecule has 134 valence electrons. The standard InChI is InChI=1S/C21H23N3O2/c1-15(2)11-18-14-26-10-9-24(18)21(25)17-6-3-5-16(12-17)19-7-4-8-23-20(19)13-22/h3-8,12,15,18H,9-11,14H2,1-2H3/t18-/m1/s1. The second-order valence-corrected chi connectivity index (χ2v) is 6.95. The Morgan fingerprint density at radius 2 is 2.23 bits per heavy atom. The molecule has 1 amide bonds. The van der Waals surface area contributed by atoms with E-state index in [1.165, 1.54) is 0 Å². The van der Waals surface area contributed by atoms with Crippen LogP contribution in [-0.2, 0) is 4.74 Å².